The fourth-order valence-corrected chi connectivity index (χ4v) is 1.74. The third-order valence-corrected chi connectivity index (χ3v) is 2.72. The van der Waals surface area contributed by atoms with Crippen LogP contribution in [0.3, 0.4) is 0 Å². The van der Waals surface area contributed by atoms with Crippen molar-refractivity contribution < 1.29 is 22.5 Å². The summed E-state index contributed by atoms with van der Waals surface area (Å²) in [5.41, 5.74) is -1.52. The van der Waals surface area contributed by atoms with Gasteiger partial charge in [0.05, 0.1) is 4.92 Å². The van der Waals surface area contributed by atoms with Crippen molar-refractivity contribution >= 4 is 11.4 Å². The van der Waals surface area contributed by atoms with E-state index in [2.05, 4.69) is 5.32 Å². The van der Waals surface area contributed by atoms with Crippen LogP contribution in [0.5, 0.6) is 0 Å². The van der Waals surface area contributed by atoms with Gasteiger partial charge in [0.1, 0.15) is 11.5 Å². The highest BCUT2D eigenvalue weighted by Crippen LogP contribution is 2.24. The van der Waals surface area contributed by atoms with E-state index in [0.29, 0.717) is 12.1 Å². The molecule has 2 rings (SSSR count). The van der Waals surface area contributed by atoms with Crippen molar-refractivity contribution in [3.63, 3.8) is 0 Å². The number of nitrogens with zero attached hydrogens (tertiary/aromatic N) is 1. The largest absolute Gasteiger partial charge is 0.376 e. The molecule has 4 nitrogen and oxygen atoms in total. The standard InChI is InChI=1S/C13H8F4N2O2/c14-8-4-9(15)13(10(16)5-8)18-6-7-2-1-3-11(12(7)17)19(20)21/h1-5,18H,6H2. The summed E-state index contributed by atoms with van der Waals surface area (Å²) in [5, 5.41) is 12.8. The molecule has 21 heavy (non-hydrogen) atoms. The fraction of sp³-hybridized carbons (Fsp3) is 0.0769. The Hall–Kier alpha value is -2.64. The van der Waals surface area contributed by atoms with E-state index in [1.165, 1.54) is 12.1 Å². The quantitative estimate of drug-likeness (QED) is 0.531. The van der Waals surface area contributed by atoms with Crippen molar-refractivity contribution in [3.05, 3.63) is 69.3 Å². The lowest BCUT2D eigenvalue weighted by molar-refractivity contribution is -0.387. The van der Waals surface area contributed by atoms with Gasteiger partial charge in [-0.05, 0) is 0 Å². The van der Waals surface area contributed by atoms with E-state index in [0.717, 1.165) is 6.07 Å². The summed E-state index contributed by atoms with van der Waals surface area (Å²) in [5.74, 6) is -4.55. The maximum absolute atomic E-state index is 13.8. The average Bonchev–Trinajstić information content (AvgIpc) is 2.38. The van der Waals surface area contributed by atoms with E-state index < -0.39 is 46.1 Å². The van der Waals surface area contributed by atoms with E-state index >= 15 is 0 Å². The molecule has 0 saturated carbocycles. The lowest BCUT2D eigenvalue weighted by Gasteiger charge is -2.09. The lowest BCUT2D eigenvalue weighted by atomic mass is 10.1. The molecule has 0 aliphatic rings. The van der Waals surface area contributed by atoms with Crippen molar-refractivity contribution in [1.29, 1.82) is 0 Å². The van der Waals surface area contributed by atoms with Crippen LogP contribution >= 0.6 is 0 Å². The first-order chi connectivity index (χ1) is 9.90. The Balaban J connectivity index is 2.25. The zero-order chi connectivity index (χ0) is 15.6. The molecule has 0 unspecified atom stereocenters. The number of halogens is 4. The Kier molecular flexibility index (Phi) is 4.06. The van der Waals surface area contributed by atoms with Crippen LogP contribution in [0.15, 0.2) is 30.3 Å². The summed E-state index contributed by atoms with van der Waals surface area (Å²) < 4.78 is 53.3. The van der Waals surface area contributed by atoms with Crippen molar-refractivity contribution in [2.75, 3.05) is 5.32 Å². The van der Waals surface area contributed by atoms with E-state index in [4.69, 9.17) is 0 Å². The number of nitro benzene ring substituents is 1. The highest BCUT2D eigenvalue weighted by Gasteiger charge is 2.18. The molecule has 0 amide bonds. The molecule has 0 aliphatic carbocycles. The average molecular weight is 300 g/mol. The van der Waals surface area contributed by atoms with Crippen molar-refractivity contribution in [1.82, 2.24) is 0 Å². The number of hydrogen-bond acceptors (Lipinski definition) is 3. The molecule has 8 heteroatoms. The predicted molar refractivity (Wildman–Crippen MR) is 66.7 cm³/mol. The molecule has 0 fully saturated rings. The summed E-state index contributed by atoms with van der Waals surface area (Å²) in [6, 6.07) is 4.38. The highest BCUT2D eigenvalue weighted by atomic mass is 19.1. The Bertz CT molecular complexity index is 684. The van der Waals surface area contributed by atoms with Gasteiger partial charge in [0, 0.05) is 30.3 Å². The Morgan fingerprint density at radius 3 is 2.29 bits per heavy atom. The van der Waals surface area contributed by atoms with Gasteiger partial charge in [0.25, 0.3) is 0 Å². The third-order valence-electron chi connectivity index (χ3n) is 2.72. The predicted octanol–water partition coefficient (Wildman–Crippen LogP) is 3.76. The van der Waals surface area contributed by atoms with Gasteiger partial charge in [-0.3, -0.25) is 10.1 Å². The molecule has 110 valence electrons. The Morgan fingerprint density at radius 2 is 1.71 bits per heavy atom. The minimum Gasteiger partial charge on any atom is -0.376 e. The second kappa shape index (κ2) is 5.78. The Morgan fingerprint density at radius 1 is 1.10 bits per heavy atom. The first-order valence-corrected chi connectivity index (χ1v) is 5.70. The number of rotatable bonds is 4. The summed E-state index contributed by atoms with van der Waals surface area (Å²) >= 11 is 0. The molecule has 0 atom stereocenters. The summed E-state index contributed by atoms with van der Waals surface area (Å²) in [6.45, 7) is -0.396. The van der Waals surface area contributed by atoms with Crippen molar-refractivity contribution in [2.45, 2.75) is 6.54 Å². The van der Waals surface area contributed by atoms with Crippen LogP contribution in [-0.2, 0) is 6.54 Å². The molecule has 0 spiro atoms. The minimum absolute atomic E-state index is 0.146. The second-order valence-electron chi connectivity index (χ2n) is 4.11. The number of benzene rings is 2. The molecular formula is C13H8F4N2O2. The molecular weight excluding hydrogens is 292 g/mol. The van der Waals surface area contributed by atoms with Gasteiger partial charge in [-0.1, -0.05) is 12.1 Å². The van der Waals surface area contributed by atoms with Crippen LogP contribution in [0.25, 0.3) is 0 Å². The molecule has 0 aromatic heterocycles. The maximum Gasteiger partial charge on any atom is 0.305 e. The Labute approximate surface area is 116 Å². The smallest absolute Gasteiger partial charge is 0.305 e. The minimum atomic E-state index is -1.18. The van der Waals surface area contributed by atoms with Crippen LogP contribution in [0.1, 0.15) is 5.56 Å². The van der Waals surface area contributed by atoms with E-state index in [9.17, 15) is 27.7 Å². The van der Waals surface area contributed by atoms with Crippen LogP contribution < -0.4 is 5.32 Å². The van der Waals surface area contributed by atoms with E-state index in [1.807, 2.05) is 0 Å². The molecule has 2 aromatic carbocycles. The molecule has 0 saturated heterocycles. The zero-order valence-electron chi connectivity index (χ0n) is 10.4. The molecule has 1 N–H and O–H groups in total. The van der Waals surface area contributed by atoms with Gasteiger partial charge < -0.3 is 5.32 Å². The van der Waals surface area contributed by atoms with Gasteiger partial charge in [-0.2, -0.15) is 4.39 Å². The van der Waals surface area contributed by atoms with Gasteiger partial charge in [0.2, 0.25) is 5.82 Å². The normalized spacial score (nSPS) is 10.5. The number of nitro groups is 1. The third kappa shape index (κ3) is 3.10. The van der Waals surface area contributed by atoms with Gasteiger partial charge in [0.15, 0.2) is 11.6 Å². The first-order valence-electron chi connectivity index (χ1n) is 5.70. The van der Waals surface area contributed by atoms with Crippen LogP contribution in [0.2, 0.25) is 0 Å². The molecule has 2 aromatic rings. The second-order valence-corrected chi connectivity index (χ2v) is 4.11. The SMILES string of the molecule is O=[N+]([O-])c1cccc(CNc2c(F)cc(F)cc2F)c1F. The first kappa shape index (κ1) is 14.8. The van der Waals surface area contributed by atoms with Gasteiger partial charge in [-0.15, -0.1) is 0 Å². The molecule has 0 radical (unpaired) electrons. The van der Waals surface area contributed by atoms with Gasteiger partial charge >= 0.3 is 5.69 Å². The zero-order valence-corrected chi connectivity index (χ0v) is 10.4. The number of nitrogens with one attached hydrogen (secondary N) is 1. The number of hydrogen-bond donors (Lipinski definition) is 1. The summed E-state index contributed by atoms with van der Waals surface area (Å²) in [7, 11) is 0. The summed E-state index contributed by atoms with van der Waals surface area (Å²) in [6.07, 6.45) is 0. The van der Waals surface area contributed by atoms with E-state index in [-0.39, 0.29) is 5.56 Å². The van der Waals surface area contributed by atoms with Crippen LogP contribution in [0, 0.1) is 33.4 Å². The summed E-state index contributed by atoms with van der Waals surface area (Å²) in [4.78, 5) is 9.67. The number of anilines is 1. The van der Waals surface area contributed by atoms with Gasteiger partial charge in [-0.25, -0.2) is 13.2 Å². The molecule has 0 heterocycles. The van der Waals surface area contributed by atoms with Crippen LogP contribution in [0.4, 0.5) is 28.9 Å². The lowest BCUT2D eigenvalue weighted by Crippen LogP contribution is -2.07. The van der Waals surface area contributed by atoms with Crippen LogP contribution in [-0.4, -0.2) is 4.92 Å². The monoisotopic (exact) mass is 300 g/mol. The van der Waals surface area contributed by atoms with Crippen molar-refractivity contribution in [2.24, 2.45) is 0 Å². The molecule has 0 bridgehead atoms. The molecule has 0 aliphatic heterocycles. The highest BCUT2D eigenvalue weighted by molar-refractivity contribution is 5.47. The fourth-order valence-electron chi connectivity index (χ4n) is 1.74. The van der Waals surface area contributed by atoms with Crippen molar-refractivity contribution in [3.8, 4) is 0 Å². The topological polar surface area (TPSA) is 55.2 Å². The maximum atomic E-state index is 13.8. The van der Waals surface area contributed by atoms with E-state index in [1.54, 1.807) is 0 Å².